The molecule has 2 atom stereocenters. The second-order valence-corrected chi connectivity index (χ2v) is 12.2. The third-order valence-electron chi connectivity index (χ3n) is 6.75. The molecule has 0 aliphatic heterocycles. The van der Waals surface area contributed by atoms with Crippen LogP contribution in [0.25, 0.3) is 0 Å². The average molecular weight is 576 g/mol. The highest BCUT2D eigenvalue weighted by Crippen LogP contribution is 2.35. The molecule has 2 N–H and O–H groups in total. The van der Waals surface area contributed by atoms with E-state index in [9.17, 15) is 14.4 Å². The van der Waals surface area contributed by atoms with Gasteiger partial charge in [0.15, 0.2) is 0 Å². The van der Waals surface area contributed by atoms with Crippen LogP contribution in [0.3, 0.4) is 0 Å². The molecule has 214 valence electrons. The van der Waals surface area contributed by atoms with Crippen molar-refractivity contribution in [3.05, 3.63) is 63.7 Å². The first-order valence-corrected chi connectivity index (χ1v) is 14.1. The van der Waals surface area contributed by atoms with Gasteiger partial charge in [0.1, 0.15) is 17.7 Å². The van der Waals surface area contributed by atoms with Gasteiger partial charge in [0.05, 0.1) is 10.7 Å². The summed E-state index contributed by atoms with van der Waals surface area (Å²) < 4.78 is 5.39. The molecule has 0 saturated carbocycles. The maximum atomic E-state index is 14.2. The molecule has 0 radical (unpaired) electrons. The molecule has 39 heavy (non-hydrogen) atoms. The van der Waals surface area contributed by atoms with Gasteiger partial charge in [0.25, 0.3) is 5.91 Å². The van der Waals surface area contributed by atoms with E-state index in [1.165, 1.54) is 0 Å². The summed E-state index contributed by atoms with van der Waals surface area (Å²) in [5.74, 6) is -0.851. The lowest BCUT2D eigenvalue weighted by molar-refractivity contribution is -0.147. The molecule has 3 amide bonds. The van der Waals surface area contributed by atoms with Crippen molar-refractivity contribution in [2.45, 2.75) is 92.0 Å². The minimum Gasteiger partial charge on any atom is -0.444 e. The number of ether oxygens (including phenoxy) is 1. The Bertz CT molecular complexity index is 1190. The monoisotopic (exact) mass is 575 g/mol. The smallest absolute Gasteiger partial charge is 0.408 e. The van der Waals surface area contributed by atoms with Crippen LogP contribution >= 0.6 is 24.2 Å². The Kier molecular flexibility index (Phi) is 10.9. The molecule has 9 heteroatoms. The second kappa shape index (κ2) is 13.1. The highest BCUT2D eigenvalue weighted by molar-refractivity contribution is 7.80. The lowest BCUT2D eigenvalue weighted by Gasteiger charge is -2.44. The first-order chi connectivity index (χ1) is 18.0. The number of thiol groups is 1. The normalized spacial score (nSPS) is 13.3. The summed E-state index contributed by atoms with van der Waals surface area (Å²) >= 11 is 10.8. The van der Waals surface area contributed by atoms with E-state index >= 15 is 0 Å². The first kappa shape index (κ1) is 32.5. The van der Waals surface area contributed by atoms with E-state index in [4.69, 9.17) is 16.3 Å². The van der Waals surface area contributed by atoms with E-state index < -0.39 is 41.1 Å². The van der Waals surface area contributed by atoms with E-state index in [1.807, 2.05) is 71.9 Å². The number of carbonyl (C=O) groups is 3. The number of hydrogen-bond donors (Lipinski definition) is 3. The molecule has 0 fully saturated rings. The van der Waals surface area contributed by atoms with Gasteiger partial charge in [-0.1, -0.05) is 48.9 Å². The summed E-state index contributed by atoms with van der Waals surface area (Å²) in [5, 5.41) is 6.03. The number of rotatable bonds is 9. The fourth-order valence-electron chi connectivity index (χ4n) is 4.08. The van der Waals surface area contributed by atoms with Gasteiger partial charge in [-0.05, 0) is 90.1 Å². The Labute approximate surface area is 243 Å². The maximum absolute atomic E-state index is 14.2. The molecule has 0 bridgehead atoms. The summed E-state index contributed by atoms with van der Waals surface area (Å²) in [6.07, 6.45) is -0.187. The van der Waals surface area contributed by atoms with E-state index in [1.54, 1.807) is 31.7 Å². The highest BCUT2D eigenvalue weighted by atomic mass is 35.5. The Morgan fingerprint density at radius 3 is 2.15 bits per heavy atom. The summed E-state index contributed by atoms with van der Waals surface area (Å²) in [7, 11) is 0. The predicted octanol–water partition coefficient (Wildman–Crippen LogP) is 6.79. The maximum Gasteiger partial charge on any atom is 0.408 e. The number of nitrogens with one attached hydrogen (secondary N) is 2. The van der Waals surface area contributed by atoms with Crippen molar-refractivity contribution in [3.63, 3.8) is 0 Å². The van der Waals surface area contributed by atoms with Crippen molar-refractivity contribution in [3.8, 4) is 0 Å². The summed E-state index contributed by atoms with van der Waals surface area (Å²) in [4.78, 5) is 42.6. The lowest BCUT2D eigenvalue weighted by atomic mass is 9.91. The Hall–Kier alpha value is -2.71. The Morgan fingerprint density at radius 2 is 1.64 bits per heavy atom. The number of amides is 3. The van der Waals surface area contributed by atoms with E-state index in [0.717, 1.165) is 16.7 Å². The SMILES string of the molecule is CCC(C)(C)N(C(=O)C(CS)NC(=O)OC(C)(C)C)C(C(=O)Nc1c(C)cccc1Cl)c1ccc(C)c(C)c1. The lowest BCUT2D eigenvalue weighted by Crippen LogP contribution is -2.59. The number of para-hydroxylation sites is 1. The second-order valence-electron chi connectivity index (χ2n) is 11.4. The molecule has 2 aromatic rings. The van der Waals surface area contributed by atoms with Crippen molar-refractivity contribution < 1.29 is 19.1 Å². The van der Waals surface area contributed by atoms with Gasteiger partial charge in [0, 0.05) is 11.3 Å². The Morgan fingerprint density at radius 1 is 1.00 bits per heavy atom. The number of anilines is 1. The minimum absolute atomic E-state index is 0.0132. The quantitative estimate of drug-likeness (QED) is 0.287. The van der Waals surface area contributed by atoms with Crippen LogP contribution in [0, 0.1) is 20.8 Å². The highest BCUT2D eigenvalue weighted by Gasteiger charge is 2.43. The van der Waals surface area contributed by atoms with Crippen LogP contribution < -0.4 is 10.6 Å². The molecule has 0 aromatic heterocycles. The molecule has 0 aliphatic carbocycles. The number of halogens is 1. The van der Waals surface area contributed by atoms with Gasteiger partial charge in [-0.15, -0.1) is 0 Å². The van der Waals surface area contributed by atoms with E-state index in [0.29, 0.717) is 22.7 Å². The largest absolute Gasteiger partial charge is 0.444 e. The molecule has 0 spiro atoms. The van der Waals surface area contributed by atoms with Gasteiger partial charge in [-0.3, -0.25) is 9.59 Å². The zero-order valence-electron chi connectivity index (χ0n) is 24.4. The molecule has 7 nitrogen and oxygen atoms in total. The summed E-state index contributed by atoms with van der Waals surface area (Å²) in [5.41, 5.74) is 2.45. The van der Waals surface area contributed by atoms with E-state index in [-0.39, 0.29) is 5.75 Å². The third kappa shape index (κ3) is 8.39. The molecule has 2 aromatic carbocycles. The summed E-state index contributed by atoms with van der Waals surface area (Å²) in [6.45, 7) is 16.8. The van der Waals surface area contributed by atoms with Gasteiger partial charge >= 0.3 is 6.09 Å². The number of benzene rings is 2. The number of carbonyl (C=O) groups excluding carboxylic acids is 3. The van der Waals surface area contributed by atoms with Crippen molar-refractivity contribution in [2.24, 2.45) is 0 Å². The van der Waals surface area contributed by atoms with Crippen LogP contribution in [0.5, 0.6) is 0 Å². The van der Waals surface area contributed by atoms with Crippen LogP contribution in [0.4, 0.5) is 10.5 Å². The zero-order chi connectivity index (χ0) is 29.7. The molecule has 2 unspecified atom stereocenters. The standard InChI is InChI=1S/C30H42ClN3O4S/c1-10-30(8,9)34(27(36)23(17-39)32-28(37)38-29(5,6)7)25(21-15-14-18(2)20(4)16-21)26(35)33-24-19(3)12-11-13-22(24)31/h11-16,23,25,39H,10,17H2,1-9H3,(H,32,37)(H,33,35). The summed E-state index contributed by atoms with van der Waals surface area (Å²) in [6, 6.07) is 9.02. The molecule has 2 rings (SSSR count). The predicted molar refractivity (Wildman–Crippen MR) is 162 cm³/mol. The van der Waals surface area contributed by atoms with Gasteiger partial charge in [-0.2, -0.15) is 12.6 Å². The van der Waals surface area contributed by atoms with Crippen LogP contribution in [0.1, 0.15) is 76.3 Å². The van der Waals surface area contributed by atoms with E-state index in [2.05, 4.69) is 23.3 Å². The van der Waals surface area contributed by atoms with Crippen LogP contribution in [-0.4, -0.2) is 45.7 Å². The zero-order valence-corrected chi connectivity index (χ0v) is 26.1. The van der Waals surface area contributed by atoms with Crippen LogP contribution in [-0.2, 0) is 14.3 Å². The fraction of sp³-hybridized carbons (Fsp3) is 0.500. The third-order valence-corrected chi connectivity index (χ3v) is 7.43. The number of aryl methyl sites for hydroxylation is 3. The van der Waals surface area contributed by atoms with Gasteiger partial charge in [0.2, 0.25) is 5.91 Å². The number of hydrogen-bond acceptors (Lipinski definition) is 5. The number of nitrogens with zero attached hydrogens (tertiary/aromatic N) is 1. The first-order valence-electron chi connectivity index (χ1n) is 13.1. The van der Waals surface area contributed by atoms with Crippen LogP contribution in [0.2, 0.25) is 5.02 Å². The van der Waals surface area contributed by atoms with Crippen molar-refractivity contribution in [2.75, 3.05) is 11.1 Å². The minimum atomic E-state index is -1.03. The average Bonchev–Trinajstić information content (AvgIpc) is 2.83. The van der Waals surface area contributed by atoms with Gasteiger partial charge in [-0.25, -0.2) is 4.79 Å². The fourth-order valence-corrected chi connectivity index (χ4v) is 4.60. The van der Waals surface area contributed by atoms with Gasteiger partial charge < -0.3 is 20.3 Å². The van der Waals surface area contributed by atoms with Crippen LogP contribution in [0.15, 0.2) is 36.4 Å². The molecule has 0 aliphatic rings. The van der Waals surface area contributed by atoms with Crippen molar-refractivity contribution in [1.29, 1.82) is 0 Å². The molecular weight excluding hydrogens is 534 g/mol. The number of alkyl carbamates (subject to hydrolysis) is 1. The molecule has 0 heterocycles. The molecular formula is C30H42ClN3O4S. The van der Waals surface area contributed by atoms with Crippen molar-refractivity contribution >= 4 is 47.8 Å². The Balaban J connectivity index is 2.66. The topological polar surface area (TPSA) is 87.7 Å². The molecule has 0 saturated heterocycles. The van der Waals surface area contributed by atoms with Crippen molar-refractivity contribution in [1.82, 2.24) is 10.2 Å².